The third-order valence-corrected chi connectivity index (χ3v) is 4.09. The van der Waals surface area contributed by atoms with Gasteiger partial charge in [-0.15, -0.1) is 0 Å². The van der Waals surface area contributed by atoms with Gasteiger partial charge in [-0.05, 0) is 42.5 Å². The van der Waals surface area contributed by atoms with Crippen molar-refractivity contribution in [2.75, 3.05) is 13.1 Å². The molecule has 2 N–H and O–H groups in total. The van der Waals surface area contributed by atoms with Crippen LogP contribution in [0.25, 0.3) is 0 Å². The molecule has 0 bridgehead atoms. The molecule has 2 rings (SSSR count). The molecule has 0 unspecified atom stereocenters. The molecule has 5 nitrogen and oxygen atoms in total. The van der Waals surface area contributed by atoms with Crippen molar-refractivity contribution in [3.63, 3.8) is 0 Å². The predicted octanol–water partition coefficient (Wildman–Crippen LogP) is 3.48. The molecule has 138 valence electrons. The lowest BCUT2D eigenvalue weighted by Gasteiger charge is -2.09. The van der Waals surface area contributed by atoms with Crippen molar-refractivity contribution in [2.24, 2.45) is 5.92 Å². The number of nitrogens with zero attached hydrogens (tertiary/aromatic N) is 1. The minimum Gasteiger partial charge on any atom is -0.352 e. The Morgan fingerprint density at radius 3 is 2.31 bits per heavy atom. The number of hydrogen-bond acceptors (Lipinski definition) is 3. The molecule has 26 heavy (non-hydrogen) atoms. The lowest BCUT2D eigenvalue weighted by Crippen LogP contribution is -2.28. The second-order valence-corrected chi connectivity index (χ2v) is 6.97. The fourth-order valence-electron chi connectivity index (χ4n) is 2.38. The molecule has 0 aliphatic rings. The van der Waals surface area contributed by atoms with Gasteiger partial charge in [0.25, 0.3) is 11.8 Å². The molecule has 0 radical (unpaired) electrons. The van der Waals surface area contributed by atoms with Crippen molar-refractivity contribution in [1.82, 2.24) is 15.6 Å². The molecule has 2 amide bonds. The normalized spacial score (nSPS) is 10.6. The summed E-state index contributed by atoms with van der Waals surface area (Å²) >= 11 is 5.95. The van der Waals surface area contributed by atoms with Gasteiger partial charge < -0.3 is 10.6 Å². The second kappa shape index (κ2) is 9.92. The number of amides is 2. The van der Waals surface area contributed by atoms with Crippen LogP contribution in [0, 0.1) is 5.92 Å². The van der Waals surface area contributed by atoms with Crippen LogP contribution in [0.3, 0.4) is 0 Å². The van der Waals surface area contributed by atoms with Gasteiger partial charge in [0.2, 0.25) is 0 Å². The van der Waals surface area contributed by atoms with Gasteiger partial charge in [-0.3, -0.25) is 14.6 Å². The van der Waals surface area contributed by atoms with Crippen molar-refractivity contribution < 1.29 is 9.59 Å². The summed E-state index contributed by atoms with van der Waals surface area (Å²) < 4.78 is 0. The fraction of sp³-hybridized carbons (Fsp3) is 0.350. The van der Waals surface area contributed by atoms with Crippen LogP contribution in [0.1, 0.15) is 46.5 Å². The molecular formula is C20H24ClN3O2. The van der Waals surface area contributed by atoms with Crippen molar-refractivity contribution in [3.8, 4) is 0 Å². The summed E-state index contributed by atoms with van der Waals surface area (Å²) in [7, 11) is 0. The zero-order chi connectivity index (χ0) is 18.9. The molecule has 0 fully saturated rings. The molecule has 0 atom stereocenters. The fourth-order valence-corrected chi connectivity index (χ4v) is 2.59. The van der Waals surface area contributed by atoms with E-state index < -0.39 is 0 Å². The number of carbonyl (C=O) groups excluding carboxylic acids is 2. The Bertz CT molecular complexity index is 762. The number of pyridine rings is 1. The van der Waals surface area contributed by atoms with Crippen LogP contribution < -0.4 is 10.6 Å². The van der Waals surface area contributed by atoms with Crippen molar-refractivity contribution >= 4 is 23.4 Å². The molecule has 0 saturated carbocycles. The summed E-state index contributed by atoms with van der Waals surface area (Å²) in [6.45, 7) is 5.28. The van der Waals surface area contributed by atoms with Crippen LogP contribution in [0.5, 0.6) is 0 Å². The summed E-state index contributed by atoms with van der Waals surface area (Å²) in [5.74, 6) is 0.0492. The quantitative estimate of drug-likeness (QED) is 0.744. The van der Waals surface area contributed by atoms with Gasteiger partial charge in [0.05, 0.1) is 11.1 Å². The molecule has 6 heteroatoms. The van der Waals surface area contributed by atoms with E-state index in [-0.39, 0.29) is 11.8 Å². The van der Waals surface area contributed by atoms with E-state index in [0.717, 1.165) is 12.0 Å². The number of carbonyl (C=O) groups is 2. The zero-order valence-corrected chi connectivity index (χ0v) is 15.8. The first-order valence-corrected chi connectivity index (χ1v) is 9.09. The number of benzene rings is 1. The van der Waals surface area contributed by atoms with Gasteiger partial charge >= 0.3 is 0 Å². The molecule has 1 aromatic carbocycles. The molecule has 0 aliphatic heterocycles. The van der Waals surface area contributed by atoms with E-state index in [9.17, 15) is 9.59 Å². The average Bonchev–Trinajstić information content (AvgIpc) is 2.61. The van der Waals surface area contributed by atoms with Gasteiger partial charge in [-0.1, -0.05) is 37.6 Å². The lowest BCUT2D eigenvalue weighted by atomic mass is 10.1. The number of hydrogen-bond donors (Lipinski definition) is 2. The van der Waals surface area contributed by atoms with Crippen LogP contribution in [0.4, 0.5) is 0 Å². The first-order chi connectivity index (χ1) is 12.5. The highest BCUT2D eigenvalue weighted by molar-refractivity contribution is 6.30. The van der Waals surface area contributed by atoms with Crippen LogP contribution in [-0.2, 0) is 6.42 Å². The van der Waals surface area contributed by atoms with Gasteiger partial charge in [-0.25, -0.2) is 0 Å². The Morgan fingerprint density at radius 2 is 1.69 bits per heavy atom. The van der Waals surface area contributed by atoms with E-state index in [1.807, 2.05) is 24.3 Å². The number of aromatic nitrogens is 1. The maximum absolute atomic E-state index is 12.3. The summed E-state index contributed by atoms with van der Waals surface area (Å²) in [6, 6.07) is 9.09. The van der Waals surface area contributed by atoms with Gasteiger partial charge in [0, 0.05) is 30.5 Å². The van der Waals surface area contributed by atoms with Gasteiger partial charge in [0.1, 0.15) is 0 Å². The Hall–Kier alpha value is -2.40. The average molecular weight is 374 g/mol. The van der Waals surface area contributed by atoms with Crippen molar-refractivity contribution in [3.05, 3.63) is 64.4 Å². The molecule has 0 saturated heterocycles. The highest BCUT2D eigenvalue weighted by Gasteiger charge is 2.11. The minimum atomic E-state index is -0.253. The Morgan fingerprint density at radius 1 is 1.04 bits per heavy atom. The van der Waals surface area contributed by atoms with Crippen LogP contribution in [0.2, 0.25) is 5.02 Å². The Kier molecular flexibility index (Phi) is 7.60. The highest BCUT2D eigenvalue weighted by Crippen LogP contribution is 2.11. The summed E-state index contributed by atoms with van der Waals surface area (Å²) in [6.07, 6.45) is 4.50. The minimum absolute atomic E-state index is 0.216. The topological polar surface area (TPSA) is 71.1 Å². The molecular weight excluding hydrogens is 350 g/mol. The van der Waals surface area contributed by atoms with Crippen molar-refractivity contribution in [1.29, 1.82) is 0 Å². The largest absolute Gasteiger partial charge is 0.352 e. The summed E-state index contributed by atoms with van der Waals surface area (Å²) in [5, 5.41) is 6.36. The molecule has 1 heterocycles. The molecule has 0 aliphatic carbocycles. The van der Waals surface area contributed by atoms with E-state index in [1.165, 1.54) is 12.4 Å². The SMILES string of the molecule is CC(C)CCNC(=O)c1cncc(C(=O)NCCc2cccc(Cl)c2)c1. The van der Waals surface area contributed by atoms with Gasteiger partial charge in [0.15, 0.2) is 0 Å². The van der Waals surface area contributed by atoms with E-state index in [1.54, 1.807) is 6.07 Å². The first kappa shape index (κ1) is 19.9. The summed E-state index contributed by atoms with van der Waals surface area (Å²) in [5.41, 5.74) is 1.80. The van der Waals surface area contributed by atoms with Crippen molar-refractivity contribution in [2.45, 2.75) is 26.7 Å². The van der Waals surface area contributed by atoms with E-state index >= 15 is 0 Å². The third-order valence-electron chi connectivity index (χ3n) is 3.86. The van der Waals surface area contributed by atoms with Gasteiger partial charge in [-0.2, -0.15) is 0 Å². The molecule has 2 aromatic rings. The lowest BCUT2D eigenvalue weighted by molar-refractivity contribution is 0.0951. The van der Waals surface area contributed by atoms with Crippen LogP contribution in [0.15, 0.2) is 42.7 Å². The van der Waals surface area contributed by atoms with E-state index in [0.29, 0.717) is 41.6 Å². The first-order valence-electron chi connectivity index (χ1n) is 8.71. The molecule has 0 spiro atoms. The maximum Gasteiger partial charge on any atom is 0.252 e. The zero-order valence-electron chi connectivity index (χ0n) is 15.1. The second-order valence-electron chi connectivity index (χ2n) is 6.54. The predicted molar refractivity (Wildman–Crippen MR) is 104 cm³/mol. The standard InChI is InChI=1S/C20H24ClN3O2/c1-14(2)6-8-23-19(25)16-11-17(13-22-12-16)20(26)24-9-7-15-4-3-5-18(21)10-15/h3-5,10-14H,6-9H2,1-2H3,(H,23,25)(H,24,26). The summed E-state index contributed by atoms with van der Waals surface area (Å²) in [4.78, 5) is 28.4. The van der Waals surface area contributed by atoms with Crippen LogP contribution >= 0.6 is 11.6 Å². The number of rotatable bonds is 8. The number of halogens is 1. The smallest absolute Gasteiger partial charge is 0.252 e. The third kappa shape index (κ3) is 6.48. The highest BCUT2D eigenvalue weighted by atomic mass is 35.5. The van der Waals surface area contributed by atoms with E-state index in [4.69, 9.17) is 11.6 Å². The Balaban J connectivity index is 1.87. The monoisotopic (exact) mass is 373 g/mol. The van der Waals surface area contributed by atoms with Crippen LogP contribution in [-0.4, -0.2) is 29.9 Å². The maximum atomic E-state index is 12.3. The Labute approximate surface area is 159 Å². The molecule has 1 aromatic heterocycles. The van der Waals surface area contributed by atoms with E-state index in [2.05, 4.69) is 29.5 Å². The number of nitrogens with one attached hydrogen (secondary N) is 2.